The van der Waals surface area contributed by atoms with Crippen LogP contribution in [0.3, 0.4) is 0 Å². The molecule has 0 aromatic rings. The highest BCUT2D eigenvalue weighted by atomic mass is 15.3. The Balaban J connectivity index is 1.98. The van der Waals surface area contributed by atoms with Gasteiger partial charge in [-0.05, 0) is 33.6 Å². The van der Waals surface area contributed by atoms with E-state index in [0.29, 0.717) is 5.54 Å². The number of nitrogens with one attached hydrogen (secondary N) is 1. The molecule has 1 aliphatic carbocycles. The highest BCUT2D eigenvalue weighted by molar-refractivity contribution is 4.95. The molecule has 1 heterocycles. The van der Waals surface area contributed by atoms with Crippen LogP contribution in [-0.2, 0) is 0 Å². The predicted octanol–water partition coefficient (Wildman–Crippen LogP) is 1.61. The minimum Gasteiger partial charge on any atom is -0.309 e. The quantitative estimate of drug-likeness (QED) is 0.663. The van der Waals surface area contributed by atoms with E-state index in [-0.39, 0.29) is 0 Å². The van der Waals surface area contributed by atoms with Crippen molar-refractivity contribution in [2.24, 2.45) is 0 Å². The molecule has 2 nitrogen and oxygen atoms in total. The zero-order chi connectivity index (χ0) is 9.47. The van der Waals surface area contributed by atoms with Crippen LogP contribution >= 0.6 is 0 Å². The van der Waals surface area contributed by atoms with Crippen LogP contribution in [0.15, 0.2) is 0 Å². The molecule has 13 heavy (non-hydrogen) atoms. The van der Waals surface area contributed by atoms with Crippen LogP contribution in [0, 0.1) is 0 Å². The third-order valence-corrected chi connectivity index (χ3v) is 3.56. The van der Waals surface area contributed by atoms with Gasteiger partial charge in [-0.2, -0.15) is 0 Å². The normalized spacial score (nSPS) is 35.8. The SMILES string of the molecule is CC1CNC(C)(C)CN1C1CCC1. The first-order valence-electron chi connectivity index (χ1n) is 5.59. The van der Waals surface area contributed by atoms with Crippen LogP contribution in [0.1, 0.15) is 40.0 Å². The molecular formula is C11H22N2. The Bertz CT molecular complexity index is 183. The monoisotopic (exact) mass is 182 g/mol. The maximum atomic E-state index is 3.60. The smallest absolute Gasteiger partial charge is 0.0253 e. The molecule has 0 bridgehead atoms. The van der Waals surface area contributed by atoms with E-state index in [4.69, 9.17) is 0 Å². The van der Waals surface area contributed by atoms with Gasteiger partial charge in [0.15, 0.2) is 0 Å². The van der Waals surface area contributed by atoms with Crippen molar-refractivity contribution in [1.82, 2.24) is 10.2 Å². The molecule has 0 radical (unpaired) electrons. The minimum atomic E-state index is 0.322. The largest absolute Gasteiger partial charge is 0.309 e. The Morgan fingerprint density at radius 3 is 2.54 bits per heavy atom. The first-order chi connectivity index (χ1) is 6.08. The summed E-state index contributed by atoms with van der Waals surface area (Å²) in [5.74, 6) is 0. The molecule has 2 rings (SSSR count). The van der Waals surface area contributed by atoms with Gasteiger partial charge in [0.25, 0.3) is 0 Å². The summed E-state index contributed by atoms with van der Waals surface area (Å²) >= 11 is 0. The second kappa shape index (κ2) is 3.25. The minimum absolute atomic E-state index is 0.322. The van der Waals surface area contributed by atoms with Gasteiger partial charge in [0.2, 0.25) is 0 Å². The maximum absolute atomic E-state index is 3.60. The molecule has 1 N–H and O–H groups in total. The maximum Gasteiger partial charge on any atom is 0.0253 e. The van der Waals surface area contributed by atoms with Gasteiger partial charge in [-0.1, -0.05) is 6.42 Å². The zero-order valence-corrected chi connectivity index (χ0v) is 9.14. The second-order valence-electron chi connectivity index (χ2n) is 5.37. The Kier molecular flexibility index (Phi) is 2.37. The van der Waals surface area contributed by atoms with E-state index in [0.717, 1.165) is 18.6 Å². The lowest BCUT2D eigenvalue weighted by atomic mass is 9.87. The second-order valence-corrected chi connectivity index (χ2v) is 5.37. The molecule has 2 aliphatic rings. The van der Waals surface area contributed by atoms with Crippen molar-refractivity contribution in [3.05, 3.63) is 0 Å². The molecule has 76 valence electrons. The molecule has 2 fully saturated rings. The highest BCUT2D eigenvalue weighted by Crippen LogP contribution is 2.29. The number of nitrogens with zero attached hydrogens (tertiary/aromatic N) is 1. The standard InChI is InChI=1S/C11H22N2/c1-9-7-12-11(2,3)8-13(9)10-5-4-6-10/h9-10,12H,4-8H2,1-3H3. The van der Waals surface area contributed by atoms with Gasteiger partial charge in [-0.3, -0.25) is 4.90 Å². The fourth-order valence-electron chi connectivity index (χ4n) is 2.42. The molecular weight excluding hydrogens is 160 g/mol. The van der Waals surface area contributed by atoms with E-state index in [1.807, 2.05) is 0 Å². The number of rotatable bonds is 1. The molecule has 0 amide bonds. The summed E-state index contributed by atoms with van der Waals surface area (Å²) in [5, 5.41) is 3.60. The van der Waals surface area contributed by atoms with Gasteiger partial charge < -0.3 is 5.32 Å². The molecule has 1 aliphatic heterocycles. The third kappa shape index (κ3) is 1.89. The molecule has 1 saturated heterocycles. The van der Waals surface area contributed by atoms with Crippen LogP contribution < -0.4 is 5.32 Å². The third-order valence-electron chi connectivity index (χ3n) is 3.56. The van der Waals surface area contributed by atoms with Crippen molar-refractivity contribution in [2.75, 3.05) is 13.1 Å². The van der Waals surface area contributed by atoms with E-state index in [2.05, 4.69) is 31.0 Å². The molecule has 1 unspecified atom stereocenters. The Morgan fingerprint density at radius 1 is 1.31 bits per heavy atom. The lowest BCUT2D eigenvalue weighted by Crippen LogP contribution is -2.64. The average molecular weight is 182 g/mol. The summed E-state index contributed by atoms with van der Waals surface area (Å²) < 4.78 is 0. The number of hydrogen-bond acceptors (Lipinski definition) is 2. The average Bonchev–Trinajstić information content (AvgIpc) is 1.93. The first kappa shape index (κ1) is 9.47. The molecule has 0 aromatic heterocycles. The summed E-state index contributed by atoms with van der Waals surface area (Å²) in [4.78, 5) is 2.71. The van der Waals surface area contributed by atoms with Crippen LogP contribution in [0.25, 0.3) is 0 Å². The zero-order valence-electron chi connectivity index (χ0n) is 9.14. The Labute approximate surface area is 81.7 Å². The Morgan fingerprint density at radius 2 is 2.00 bits per heavy atom. The van der Waals surface area contributed by atoms with Gasteiger partial charge in [0, 0.05) is 30.7 Å². The van der Waals surface area contributed by atoms with Crippen LogP contribution in [0.5, 0.6) is 0 Å². The van der Waals surface area contributed by atoms with Crippen molar-refractivity contribution in [1.29, 1.82) is 0 Å². The van der Waals surface area contributed by atoms with E-state index in [1.165, 1.54) is 25.8 Å². The van der Waals surface area contributed by atoms with Crippen LogP contribution in [-0.4, -0.2) is 35.6 Å². The molecule has 1 atom stereocenters. The topological polar surface area (TPSA) is 15.3 Å². The number of hydrogen-bond donors (Lipinski definition) is 1. The van der Waals surface area contributed by atoms with E-state index in [1.54, 1.807) is 0 Å². The van der Waals surface area contributed by atoms with Gasteiger partial charge in [0.1, 0.15) is 0 Å². The van der Waals surface area contributed by atoms with Crippen LogP contribution in [0.4, 0.5) is 0 Å². The van der Waals surface area contributed by atoms with Gasteiger partial charge in [0.05, 0.1) is 0 Å². The fourth-order valence-corrected chi connectivity index (χ4v) is 2.42. The van der Waals surface area contributed by atoms with Gasteiger partial charge in [-0.25, -0.2) is 0 Å². The molecule has 2 heteroatoms. The summed E-state index contributed by atoms with van der Waals surface area (Å²) in [6, 6.07) is 1.63. The van der Waals surface area contributed by atoms with Crippen molar-refractivity contribution in [3.8, 4) is 0 Å². The molecule has 0 spiro atoms. The van der Waals surface area contributed by atoms with E-state index < -0.39 is 0 Å². The molecule has 1 saturated carbocycles. The Hall–Kier alpha value is -0.0800. The molecule has 0 aromatic carbocycles. The summed E-state index contributed by atoms with van der Waals surface area (Å²) in [6.45, 7) is 9.35. The lowest BCUT2D eigenvalue weighted by molar-refractivity contribution is 0.0286. The van der Waals surface area contributed by atoms with Crippen LogP contribution in [0.2, 0.25) is 0 Å². The van der Waals surface area contributed by atoms with Crippen molar-refractivity contribution >= 4 is 0 Å². The van der Waals surface area contributed by atoms with Crippen molar-refractivity contribution in [2.45, 2.75) is 57.7 Å². The predicted molar refractivity (Wildman–Crippen MR) is 55.9 cm³/mol. The van der Waals surface area contributed by atoms with Crippen molar-refractivity contribution < 1.29 is 0 Å². The summed E-state index contributed by atoms with van der Waals surface area (Å²) in [7, 11) is 0. The van der Waals surface area contributed by atoms with Gasteiger partial charge >= 0.3 is 0 Å². The first-order valence-corrected chi connectivity index (χ1v) is 5.59. The highest BCUT2D eigenvalue weighted by Gasteiger charge is 2.36. The van der Waals surface area contributed by atoms with Crippen molar-refractivity contribution in [3.63, 3.8) is 0 Å². The fraction of sp³-hybridized carbons (Fsp3) is 1.00. The van der Waals surface area contributed by atoms with Gasteiger partial charge in [-0.15, -0.1) is 0 Å². The van der Waals surface area contributed by atoms with E-state index in [9.17, 15) is 0 Å². The number of piperazine rings is 1. The van der Waals surface area contributed by atoms with E-state index >= 15 is 0 Å². The lowest BCUT2D eigenvalue weighted by Gasteiger charge is -2.49. The summed E-state index contributed by atoms with van der Waals surface area (Å²) in [6.07, 6.45) is 4.31. The summed E-state index contributed by atoms with van der Waals surface area (Å²) in [5.41, 5.74) is 0.322.